The third kappa shape index (κ3) is 3.83. The molecular weight excluding hydrogens is 447 g/mol. The van der Waals surface area contributed by atoms with E-state index in [2.05, 4.69) is 0 Å². The molecule has 9 heteroatoms. The van der Waals surface area contributed by atoms with Gasteiger partial charge in [-0.15, -0.1) is 11.6 Å². The SMILES string of the molecule is NS(=O)(=O)c1c(-c2cc3ccc(Cl)cc3n2C(=O)O)cccc1C1CCC(Cl)CC1. The predicted molar refractivity (Wildman–Crippen MR) is 118 cm³/mol. The minimum absolute atomic E-state index is 0.00891. The molecule has 0 unspecified atom stereocenters. The second-order valence-electron chi connectivity index (χ2n) is 7.57. The summed E-state index contributed by atoms with van der Waals surface area (Å²) in [6, 6.07) is 11.6. The summed E-state index contributed by atoms with van der Waals surface area (Å²) in [6.45, 7) is 0. The van der Waals surface area contributed by atoms with E-state index in [1.165, 1.54) is 6.07 Å². The zero-order valence-electron chi connectivity index (χ0n) is 15.9. The molecule has 158 valence electrons. The van der Waals surface area contributed by atoms with Crippen LogP contribution in [0.2, 0.25) is 5.02 Å². The number of hydrogen-bond donors (Lipinski definition) is 2. The monoisotopic (exact) mass is 466 g/mol. The Kier molecular flexibility index (Phi) is 5.57. The van der Waals surface area contributed by atoms with Gasteiger partial charge in [0.05, 0.1) is 16.1 Å². The van der Waals surface area contributed by atoms with E-state index in [1.54, 1.807) is 36.4 Å². The average Bonchev–Trinajstić information content (AvgIpc) is 3.06. The van der Waals surface area contributed by atoms with Gasteiger partial charge in [0.15, 0.2) is 0 Å². The highest BCUT2D eigenvalue weighted by Gasteiger charge is 2.30. The highest BCUT2D eigenvalue weighted by Crippen LogP contribution is 2.41. The summed E-state index contributed by atoms with van der Waals surface area (Å²) in [5, 5.41) is 16.6. The first-order valence-electron chi connectivity index (χ1n) is 9.51. The first kappa shape index (κ1) is 21.2. The number of halogens is 2. The van der Waals surface area contributed by atoms with Crippen LogP contribution in [-0.2, 0) is 10.0 Å². The molecule has 1 aliphatic rings. The lowest BCUT2D eigenvalue weighted by atomic mass is 9.83. The van der Waals surface area contributed by atoms with Crippen LogP contribution in [0.15, 0.2) is 47.4 Å². The van der Waals surface area contributed by atoms with Crippen LogP contribution in [0.4, 0.5) is 4.79 Å². The number of nitrogens with two attached hydrogens (primary N) is 1. The Labute approximate surface area is 184 Å². The Morgan fingerprint density at radius 3 is 2.43 bits per heavy atom. The number of nitrogens with zero attached hydrogens (tertiary/aromatic N) is 1. The van der Waals surface area contributed by atoms with Crippen molar-refractivity contribution in [3.63, 3.8) is 0 Å². The Morgan fingerprint density at radius 1 is 1.10 bits per heavy atom. The Balaban J connectivity index is 1.99. The van der Waals surface area contributed by atoms with Crippen molar-refractivity contribution >= 4 is 50.2 Å². The molecule has 30 heavy (non-hydrogen) atoms. The lowest BCUT2D eigenvalue weighted by molar-refractivity contribution is 0.198. The number of carbonyl (C=O) groups is 1. The van der Waals surface area contributed by atoms with Gasteiger partial charge in [0.25, 0.3) is 0 Å². The summed E-state index contributed by atoms with van der Waals surface area (Å²) in [7, 11) is -4.13. The lowest BCUT2D eigenvalue weighted by Crippen LogP contribution is -2.21. The maximum absolute atomic E-state index is 12.7. The average molecular weight is 467 g/mol. The van der Waals surface area contributed by atoms with E-state index in [-0.39, 0.29) is 27.4 Å². The van der Waals surface area contributed by atoms with Crippen LogP contribution in [0, 0.1) is 0 Å². The van der Waals surface area contributed by atoms with E-state index < -0.39 is 16.1 Å². The van der Waals surface area contributed by atoms with Crippen LogP contribution < -0.4 is 5.14 Å². The molecule has 1 fully saturated rings. The topological polar surface area (TPSA) is 102 Å². The van der Waals surface area contributed by atoms with Crippen LogP contribution in [0.25, 0.3) is 22.2 Å². The molecule has 4 rings (SSSR count). The maximum Gasteiger partial charge on any atom is 0.416 e. The summed E-state index contributed by atoms with van der Waals surface area (Å²) in [6.07, 6.45) is 1.83. The fraction of sp³-hybridized carbons (Fsp3) is 0.286. The molecule has 1 saturated carbocycles. The number of fused-ring (bicyclic) bond motifs is 1. The second kappa shape index (κ2) is 7.89. The Morgan fingerprint density at radius 2 is 1.80 bits per heavy atom. The number of primary sulfonamides is 1. The number of benzene rings is 2. The van der Waals surface area contributed by atoms with Crippen molar-refractivity contribution in [2.75, 3.05) is 0 Å². The highest BCUT2D eigenvalue weighted by molar-refractivity contribution is 7.89. The number of hydrogen-bond acceptors (Lipinski definition) is 3. The molecule has 0 atom stereocenters. The fourth-order valence-corrected chi connectivity index (χ4v) is 5.80. The molecule has 0 radical (unpaired) electrons. The number of aromatic nitrogens is 1. The molecule has 1 heterocycles. The third-order valence-corrected chi connectivity index (χ3v) is 7.36. The van der Waals surface area contributed by atoms with Crippen LogP contribution in [0.1, 0.15) is 37.2 Å². The molecule has 0 spiro atoms. The molecule has 1 aliphatic carbocycles. The first-order chi connectivity index (χ1) is 14.2. The summed E-state index contributed by atoms with van der Waals surface area (Å²) in [4.78, 5) is 12.1. The van der Waals surface area contributed by atoms with Gasteiger partial charge in [0.2, 0.25) is 10.0 Å². The summed E-state index contributed by atoms with van der Waals surface area (Å²) in [5.41, 5.74) is 1.48. The van der Waals surface area contributed by atoms with Crippen molar-refractivity contribution in [1.29, 1.82) is 0 Å². The molecule has 1 aromatic heterocycles. The molecule has 3 N–H and O–H groups in total. The Bertz CT molecular complexity index is 1250. The van der Waals surface area contributed by atoms with Gasteiger partial charge < -0.3 is 5.11 Å². The molecule has 0 saturated heterocycles. The third-order valence-electron chi connectivity index (χ3n) is 5.66. The molecule has 0 bridgehead atoms. The number of sulfonamides is 1. The van der Waals surface area contributed by atoms with E-state index in [4.69, 9.17) is 28.3 Å². The zero-order valence-corrected chi connectivity index (χ0v) is 18.2. The van der Waals surface area contributed by atoms with Crippen LogP contribution in [0.3, 0.4) is 0 Å². The van der Waals surface area contributed by atoms with Gasteiger partial charge in [-0.3, -0.25) is 0 Å². The minimum Gasteiger partial charge on any atom is -0.464 e. The lowest BCUT2D eigenvalue weighted by Gasteiger charge is -2.27. The van der Waals surface area contributed by atoms with Crippen LogP contribution >= 0.6 is 23.2 Å². The minimum atomic E-state index is -4.13. The van der Waals surface area contributed by atoms with Gasteiger partial charge >= 0.3 is 6.09 Å². The van der Waals surface area contributed by atoms with Crippen LogP contribution in [0.5, 0.6) is 0 Å². The highest BCUT2D eigenvalue weighted by atomic mass is 35.5. The van der Waals surface area contributed by atoms with Crippen molar-refractivity contribution in [3.05, 3.63) is 53.1 Å². The van der Waals surface area contributed by atoms with E-state index >= 15 is 0 Å². The van der Waals surface area contributed by atoms with E-state index in [9.17, 15) is 18.3 Å². The Hall–Kier alpha value is -2.06. The van der Waals surface area contributed by atoms with E-state index in [0.717, 1.165) is 30.3 Å². The largest absolute Gasteiger partial charge is 0.464 e. The van der Waals surface area contributed by atoms with Gasteiger partial charge in [-0.1, -0.05) is 35.9 Å². The first-order valence-corrected chi connectivity index (χ1v) is 11.9. The van der Waals surface area contributed by atoms with Crippen molar-refractivity contribution in [2.24, 2.45) is 5.14 Å². The van der Waals surface area contributed by atoms with E-state index in [0.29, 0.717) is 21.5 Å². The quantitative estimate of drug-likeness (QED) is 0.504. The number of carboxylic acid groups (broad SMARTS) is 1. The van der Waals surface area contributed by atoms with Crippen LogP contribution in [-0.4, -0.2) is 29.6 Å². The van der Waals surface area contributed by atoms with Crippen molar-refractivity contribution in [1.82, 2.24) is 4.57 Å². The van der Waals surface area contributed by atoms with Gasteiger partial charge in [0, 0.05) is 21.3 Å². The molecule has 3 aromatic rings. The normalized spacial score (nSPS) is 19.8. The fourth-order valence-electron chi connectivity index (χ4n) is 4.34. The number of rotatable bonds is 3. The summed E-state index contributed by atoms with van der Waals surface area (Å²) < 4.78 is 26.4. The predicted octanol–water partition coefficient (Wildman–Crippen LogP) is 5.40. The molecule has 2 aromatic carbocycles. The number of alkyl halides is 1. The van der Waals surface area contributed by atoms with Gasteiger partial charge in [-0.25, -0.2) is 22.9 Å². The zero-order chi connectivity index (χ0) is 21.6. The molecule has 0 amide bonds. The summed E-state index contributed by atoms with van der Waals surface area (Å²) >= 11 is 12.3. The molecule has 0 aliphatic heterocycles. The van der Waals surface area contributed by atoms with Crippen molar-refractivity contribution in [2.45, 2.75) is 41.9 Å². The molecular formula is C21H20Cl2N2O4S. The van der Waals surface area contributed by atoms with Crippen molar-refractivity contribution < 1.29 is 18.3 Å². The smallest absolute Gasteiger partial charge is 0.416 e. The van der Waals surface area contributed by atoms with Gasteiger partial charge in [0.1, 0.15) is 0 Å². The standard InChI is InChI=1S/C21H20Cl2N2O4S/c22-14-7-4-12(5-8-14)16-2-1-3-17(20(16)30(24,28)29)19-10-13-6-9-15(23)11-18(13)25(19)21(26)27/h1-3,6,9-12,14H,4-5,7-8H2,(H,26,27)(H2,24,28,29). The van der Waals surface area contributed by atoms with Gasteiger partial charge in [-0.05, 0) is 55.4 Å². The van der Waals surface area contributed by atoms with E-state index in [1.807, 2.05) is 0 Å². The molecule has 6 nitrogen and oxygen atoms in total. The summed E-state index contributed by atoms with van der Waals surface area (Å²) in [5.74, 6) is -0.00891. The van der Waals surface area contributed by atoms with Crippen molar-refractivity contribution in [3.8, 4) is 11.3 Å². The van der Waals surface area contributed by atoms with Gasteiger partial charge in [-0.2, -0.15) is 0 Å². The maximum atomic E-state index is 12.7. The second-order valence-corrected chi connectivity index (χ2v) is 10.1.